The maximum Gasteiger partial charge on any atom is 0.358 e. The summed E-state index contributed by atoms with van der Waals surface area (Å²) in [5.74, 6) is -1.90. The van der Waals surface area contributed by atoms with Crippen LogP contribution in [0.15, 0.2) is 0 Å². The van der Waals surface area contributed by atoms with Crippen LogP contribution in [0.5, 0.6) is 0 Å². The molecule has 3 unspecified atom stereocenters. The van der Waals surface area contributed by atoms with E-state index in [-0.39, 0.29) is 0 Å². The highest BCUT2D eigenvalue weighted by Gasteiger charge is 2.35. The second-order valence-corrected chi connectivity index (χ2v) is 4.33. The number of rotatable bonds is 6. The fourth-order valence-electron chi connectivity index (χ4n) is 0.657. The van der Waals surface area contributed by atoms with Gasteiger partial charge in [0.2, 0.25) is 0 Å². The van der Waals surface area contributed by atoms with Gasteiger partial charge < -0.3 is 35.6 Å². The molecule has 0 spiro atoms. The molecule has 3 atom stereocenters. The SMILES string of the molecule is NC(O)C(OCC(O)CO)P(=O)(O)O. The Morgan fingerprint density at radius 1 is 1.36 bits per heavy atom. The molecule has 0 heterocycles. The molecule has 0 amide bonds. The second kappa shape index (κ2) is 5.74. The van der Waals surface area contributed by atoms with Crippen molar-refractivity contribution in [2.45, 2.75) is 18.2 Å². The van der Waals surface area contributed by atoms with E-state index in [1.165, 1.54) is 0 Å². The zero-order chi connectivity index (χ0) is 11.4. The first-order chi connectivity index (χ1) is 6.29. The van der Waals surface area contributed by atoms with Crippen LogP contribution in [0.3, 0.4) is 0 Å². The molecular weight excluding hydrogens is 217 g/mol. The molecule has 0 saturated carbocycles. The Labute approximate surface area is 80.1 Å². The fraction of sp³-hybridized carbons (Fsp3) is 1.00. The van der Waals surface area contributed by atoms with Crippen molar-refractivity contribution >= 4 is 7.60 Å². The minimum Gasteiger partial charge on any atom is -0.394 e. The topological polar surface area (TPSA) is 153 Å². The molecular formula is C5H14NO7P. The van der Waals surface area contributed by atoms with Crippen molar-refractivity contribution in [3.8, 4) is 0 Å². The largest absolute Gasteiger partial charge is 0.394 e. The van der Waals surface area contributed by atoms with E-state index in [0.29, 0.717) is 0 Å². The molecule has 0 bridgehead atoms. The molecule has 0 radical (unpaired) electrons. The summed E-state index contributed by atoms with van der Waals surface area (Å²) in [4.78, 5) is 17.3. The van der Waals surface area contributed by atoms with Crippen LogP contribution in [0.2, 0.25) is 0 Å². The van der Waals surface area contributed by atoms with E-state index in [1.807, 2.05) is 0 Å². The molecule has 0 saturated heterocycles. The molecule has 0 fully saturated rings. The van der Waals surface area contributed by atoms with E-state index < -0.39 is 39.0 Å². The van der Waals surface area contributed by atoms with E-state index in [2.05, 4.69) is 4.74 Å². The first-order valence-corrected chi connectivity index (χ1v) is 5.36. The Kier molecular flexibility index (Phi) is 5.72. The third kappa shape index (κ3) is 4.99. The number of hydrogen-bond donors (Lipinski definition) is 6. The molecule has 0 aromatic carbocycles. The number of hydrogen-bond acceptors (Lipinski definition) is 6. The average Bonchev–Trinajstić information content (AvgIpc) is 2.01. The molecule has 9 heteroatoms. The lowest BCUT2D eigenvalue weighted by molar-refractivity contribution is -0.0484. The Morgan fingerprint density at radius 3 is 2.14 bits per heavy atom. The predicted molar refractivity (Wildman–Crippen MR) is 45.1 cm³/mol. The molecule has 8 nitrogen and oxygen atoms in total. The smallest absolute Gasteiger partial charge is 0.358 e. The van der Waals surface area contributed by atoms with Crippen LogP contribution in [-0.2, 0) is 9.30 Å². The van der Waals surface area contributed by atoms with E-state index in [4.69, 9.17) is 30.8 Å². The molecule has 86 valence electrons. The first kappa shape index (κ1) is 13.9. The minimum absolute atomic E-state index is 0.527. The summed E-state index contributed by atoms with van der Waals surface area (Å²) < 4.78 is 15.1. The van der Waals surface area contributed by atoms with Gasteiger partial charge in [-0.3, -0.25) is 4.57 Å². The van der Waals surface area contributed by atoms with Crippen molar-refractivity contribution in [1.82, 2.24) is 0 Å². The van der Waals surface area contributed by atoms with Gasteiger partial charge in [-0.1, -0.05) is 0 Å². The fourth-order valence-corrected chi connectivity index (χ4v) is 1.34. The van der Waals surface area contributed by atoms with Crippen LogP contribution in [0.25, 0.3) is 0 Å². The summed E-state index contributed by atoms with van der Waals surface area (Å²) in [5, 5.41) is 25.9. The molecule has 0 aliphatic heterocycles. The monoisotopic (exact) mass is 231 g/mol. The third-order valence-electron chi connectivity index (χ3n) is 1.29. The zero-order valence-electron chi connectivity index (χ0n) is 7.22. The Hall–Kier alpha value is -0.0500. The number of aliphatic hydroxyl groups excluding tert-OH is 3. The maximum absolute atomic E-state index is 10.7. The van der Waals surface area contributed by atoms with Gasteiger partial charge in [0.05, 0.1) is 13.2 Å². The predicted octanol–water partition coefficient (Wildman–Crippen LogP) is -2.86. The van der Waals surface area contributed by atoms with E-state index in [0.717, 1.165) is 0 Å². The van der Waals surface area contributed by atoms with Gasteiger partial charge in [0.25, 0.3) is 0 Å². The lowest BCUT2D eigenvalue weighted by atomic mass is 10.4. The van der Waals surface area contributed by atoms with Crippen molar-refractivity contribution in [2.75, 3.05) is 13.2 Å². The van der Waals surface area contributed by atoms with Crippen LogP contribution >= 0.6 is 7.60 Å². The molecule has 7 N–H and O–H groups in total. The zero-order valence-corrected chi connectivity index (χ0v) is 8.12. The Bertz CT molecular complexity index is 204. The first-order valence-electron chi connectivity index (χ1n) is 3.68. The summed E-state index contributed by atoms with van der Waals surface area (Å²) in [7, 11) is -4.69. The van der Waals surface area contributed by atoms with E-state index in [9.17, 15) is 4.57 Å². The van der Waals surface area contributed by atoms with Gasteiger partial charge in [-0.05, 0) is 0 Å². The van der Waals surface area contributed by atoms with Crippen LogP contribution in [0.4, 0.5) is 0 Å². The molecule has 0 rings (SSSR count). The highest BCUT2D eigenvalue weighted by atomic mass is 31.2. The summed E-state index contributed by atoms with van der Waals surface area (Å²) in [6.45, 7) is -1.14. The van der Waals surface area contributed by atoms with Crippen LogP contribution in [0, 0.1) is 0 Å². The van der Waals surface area contributed by atoms with Crippen LogP contribution in [0.1, 0.15) is 0 Å². The molecule has 0 aromatic heterocycles. The van der Waals surface area contributed by atoms with E-state index in [1.54, 1.807) is 0 Å². The minimum atomic E-state index is -4.69. The number of ether oxygens (including phenoxy) is 1. The normalized spacial score (nSPS) is 19.0. The van der Waals surface area contributed by atoms with Crippen molar-refractivity contribution in [2.24, 2.45) is 5.73 Å². The molecule has 0 aliphatic rings. The Morgan fingerprint density at radius 2 is 1.86 bits per heavy atom. The highest BCUT2D eigenvalue weighted by Crippen LogP contribution is 2.42. The summed E-state index contributed by atoms with van der Waals surface area (Å²) in [6, 6.07) is 0. The van der Waals surface area contributed by atoms with Crippen molar-refractivity contribution in [3.05, 3.63) is 0 Å². The van der Waals surface area contributed by atoms with Gasteiger partial charge in [-0.2, -0.15) is 0 Å². The van der Waals surface area contributed by atoms with E-state index >= 15 is 0 Å². The number of aliphatic hydroxyl groups is 3. The van der Waals surface area contributed by atoms with Gasteiger partial charge in [-0.25, -0.2) is 0 Å². The highest BCUT2D eigenvalue weighted by molar-refractivity contribution is 7.52. The summed E-state index contributed by atoms with van der Waals surface area (Å²) >= 11 is 0. The van der Waals surface area contributed by atoms with Crippen molar-refractivity contribution in [1.29, 1.82) is 0 Å². The number of nitrogens with two attached hydrogens (primary N) is 1. The van der Waals surface area contributed by atoms with Crippen LogP contribution in [-0.4, -0.2) is 56.5 Å². The Balaban J connectivity index is 4.20. The van der Waals surface area contributed by atoms with Crippen LogP contribution < -0.4 is 5.73 Å². The standard InChI is InChI=1S/C5H14NO7P/c6-4(9)5(14(10,11)12)13-2-3(8)1-7/h3-5,7-9H,1-2,6H2,(H2,10,11,12). The van der Waals surface area contributed by atoms with Gasteiger partial charge in [0.1, 0.15) is 12.3 Å². The summed E-state index contributed by atoms with van der Waals surface area (Å²) in [6.07, 6.45) is -3.13. The van der Waals surface area contributed by atoms with Gasteiger partial charge in [0.15, 0.2) is 5.85 Å². The lowest BCUT2D eigenvalue weighted by Crippen LogP contribution is -2.38. The molecule has 0 aliphatic carbocycles. The van der Waals surface area contributed by atoms with Gasteiger partial charge in [-0.15, -0.1) is 0 Å². The summed E-state index contributed by atoms with van der Waals surface area (Å²) in [5.41, 5.74) is 4.84. The van der Waals surface area contributed by atoms with Crippen molar-refractivity contribution in [3.63, 3.8) is 0 Å². The second-order valence-electron chi connectivity index (χ2n) is 2.64. The quantitative estimate of drug-likeness (QED) is 0.211. The van der Waals surface area contributed by atoms with Gasteiger partial charge in [0, 0.05) is 0 Å². The average molecular weight is 231 g/mol. The molecule has 0 aromatic rings. The maximum atomic E-state index is 10.7. The molecule has 14 heavy (non-hydrogen) atoms. The van der Waals surface area contributed by atoms with Gasteiger partial charge >= 0.3 is 7.60 Å². The lowest BCUT2D eigenvalue weighted by Gasteiger charge is -2.22. The third-order valence-corrected chi connectivity index (χ3v) is 2.41. The van der Waals surface area contributed by atoms with Crippen molar-refractivity contribution < 1.29 is 34.4 Å².